The number of ketones is 1. The molecule has 3 heterocycles. The lowest BCUT2D eigenvalue weighted by atomic mass is 9.91. The number of aromatic amines is 1. The molecule has 136 valence electrons. The molecule has 1 aliphatic rings. The number of likely N-dealkylation sites (tertiary alicyclic amines) is 1. The number of nitrogens with one attached hydrogen (secondary N) is 1. The monoisotopic (exact) mass is 360 g/mol. The number of pyridine rings is 1. The second-order valence-corrected chi connectivity index (χ2v) is 6.65. The van der Waals surface area contributed by atoms with Gasteiger partial charge in [0.1, 0.15) is 11.5 Å². The predicted molar refractivity (Wildman–Crippen MR) is 101 cm³/mol. The lowest BCUT2D eigenvalue weighted by Crippen LogP contribution is -2.42. The highest BCUT2D eigenvalue weighted by Gasteiger charge is 2.30. The van der Waals surface area contributed by atoms with Crippen LogP contribution in [0.5, 0.6) is 0 Å². The van der Waals surface area contributed by atoms with Crippen LogP contribution < -0.4 is 0 Å². The number of hydrogen-bond acceptors (Lipinski definition) is 4. The van der Waals surface area contributed by atoms with Crippen LogP contribution in [0.4, 0.5) is 0 Å². The Morgan fingerprint density at radius 3 is 2.67 bits per heavy atom. The number of aromatic nitrogens is 3. The lowest BCUT2D eigenvalue weighted by Gasteiger charge is -2.32. The molecule has 6 nitrogen and oxygen atoms in total. The average molecular weight is 360 g/mol. The molecule has 1 aliphatic heterocycles. The van der Waals surface area contributed by atoms with E-state index in [9.17, 15) is 9.59 Å². The highest BCUT2D eigenvalue weighted by Crippen LogP contribution is 2.25. The maximum absolute atomic E-state index is 13.2. The van der Waals surface area contributed by atoms with Gasteiger partial charge in [-0.15, -0.1) is 0 Å². The van der Waals surface area contributed by atoms with E-state index in [0.717, 1.165) is 18.4 Å². The summed E-state index contributed by atoms with van der Waals surface area (Å²) in [6, 6.07) is 12.8. The number of carbonyl (C=O) groups is 2. The second kappa shape index (κ2) is 7.53. The zero-order valence-electron chi connectivity index (χ0n) is 14.8. The molecule has 1 unspecified atom stereocenters. The fourth-order valence-corrected chi connectivity index (χ4v) is 3.55. The van der Waals surface area contributed by atoms with E-state index in [1.54, 1.807) is 35.6 Å². The fraction of sp³-hybridized carbons (Fsp3) is 0.238. The summed E-state index contributed by atoms with van der Waals surface area (Å²) in [5, 5.41) is 0. The van der Waals surface area contributed by atoms with Crippen molar-refractivity contribution in [1.82, 2.24) is 19.9 Å². The SMILES string of the molecule is O=C(c1ccccn1)C1CCCN(C(=O)c2ccccc2-c2ncc[nH]2)C1. The molecule has 0 radical (unpaired) electrons. The van der Waals surface area contributed by atoms with Gasteiger partial charge >= 0.3 is 0 Å². The van der Waals surface area contributed by atoms with Gasteiger partial charge in [0.2, 0.25) is 0 Å². The third kappa shape index (κ3) is 3.51. The van der Waals surface area contributed by atoms with Crippen molar-refractivity contribution in [2.45, 2.75) is 12.8 Å². The quantitative estimate of drug-likeness (QED) is 0.725. The minimum absolute atomic E-state index is 0.00687. The molecule has 0 bridgehead atoms. The van der Waals surface area contributed by atoms with Gasteiger partial charge < -0.3 is 9.88 Å². The van der Waals surface area contributed by atoms with Crippen molar-refractivity contribution < 1.29 is 9.59 Å². The van der Waals surface area contributed by atoms with Crippen LogP contribution in [-0.4, -0.2) is 44.6 Å². The van der Waals surface area contributed by atoms with Crippen molar-refractivity contribution in [3.63, 3.8) is 0 Å². The topological polar surface area (TPSA) is 79.0 Å². The molecule has 4 rings (SSSR count). The zero-order chi connectivity index (χ0) is 18.6. The zero-order valence-corrected chi connectivity index (χ0v) is 14.8. The summed E-state index contributed by atoms with van der Waals surface area (Å²) in [7, 11) is 0. The maximum atomic E-state index is 13.2. The van der Waals surface area contributed by atoms with Crippen molar-refractivity contribution >= 4 is 11.7 Å². The molecular formula is C21H20N4O2. The van der Waals surface area contributed by atoms with Crippen molar-refractivity contribution in [1.29, 1.82) is 0 Å². The van der Waals surface area contributed by atoms with Gasteiger partial charge in [-0.3, -0.25) is 14.6 Å². The summed E-state index contributed by atoms with van der Waals surface area (Å²) in [6.45, 7) is 1.07. The standard InChI is InChI=1S/C21H20N4O2/c26-19(18-9-3-4-10-22-18)15-6-5-13-25(14-15)21(27)17-8-2-1-7-16(17)20-23-11-12-24-20/h1-4,7-12,15H,5-6,13-14H2,(H,23,24). The van der Waals surface area contributed by atoms with Crippen LogP contribution in [0.1, 0.15) is 33.7 Å². The minimum Gasteiger partial charge on any atom is -0.345 e. The summed E-state index contributed by atoms with van der Waals surface area (Å²) < 4.78 is 0. The van der Waals surface area contributed by atoms with Gasteiger partial charge in [0.25, 0.3) is 5.91 Å². The minimum atomic E-state index is -0.214. The van der Waals surface area contributed by atoms with Crippen LogP contribution >= 0.6 is 0 Å². The van der Waals surface area contributed by atoms with Crippen LogP contribution in [0.2, 0.25) is 0 Å². The molecule has 2 aromatic heterocycles. The summed E-state index contributed by atoms with van der Waals surface area (Å²) in [6.07, 6.45) is 6.60. The third-order valence-corrected chi connectivity index (χ3v) is 4.91. The summed E-state index contributed by atoms with van der Waals surface area (Å²) >= 11 is 0. The molecule has 1 atom stereocenters. The lowest BCUT2D eigenvalue weighted by molar-refractivity contribution is 0.0636. The number of nitrogens with zero attached hydrogens (tertiary/aromatic N) is 3. The number of imidazole rings is 1. The Morgan fingerprint density at radius 2 is 1.89 bits per heavy atom. The molecule has 1 amide bonds. The van der Waals surface area contributed by atoms with E-state index in [-0.39, 0.29) is 17.6 Å². The van der Waals surface area contributed by atoms with Crippen LogP contribution in [0.15, 0.2) is 61.1 Å². The van der Waals surface area contributed by atoms with Crippen molar-refractivity contribution in [3.05, 3.63) is 72.3 Å². The van der Waals surface area contributed by atoms with Gasteiger partial charge in [-0.05, 0) is 31.0 Å². The van der Waals surface area contributed by atoms with Gasteiger partial charge in [0.05, 0.1) is 5.56 Å². The Labute approximate surface area is 157 Å². The summed E-state index contributed by atoms with van der Waals surface area (Å²) in [5.74, 6) is 0.387. The second-order valence-electron chi connectivity index (χ2n) is 6.65. The van der Waals surface area contributed by atoms with Crippen LogP contribution in [0.3, 0.4) is 0 Å². The van der Waals surface area contributed by atoms with Gasteiger partial charge in [-0.25, -0.2) is 4.98 Å². The first-order valence-electron chi connectivity index (χ1n) is 9.07. The maximum Gasteiger partial charge on any atom is 0.254 e. The highest BCUT2D eigenvalue weighted by molar-refractivity contribution is 6.01. The number of Topliss-reactive ketones (excluding diaryl/α,β-unsaturated/α-hetero) is 1. The first kappa shape index (κ1) is 17.1. The van der Waals surface area contributed by atoms with E-state index in [1.807, 2.05) is 30.3 Å². The first-order valence-corrected chi connectivity index (χ1v) is 9.07. The number of piperidine rings is 1. The van der Waals surface area contributed by atoms with Crippen LogP contribution in [-0.2, 0) is 0 Å². The average Bonchev–Trinajstić information content (AvgIpc) is 3.28. The number of carbonyl (C=O) groups excluding carboxylic acids is 2. The molecule has 0 aliphatic carbocycles. The fourth-order valence-electron chi connectivity index (χ4n) is 3.55. The third-order valence-electron chi connectivity index (χ3n) is 4.91. The number of benzene rings is 1. The Hall–Kier alpha value is -3.28. The Bertz CT molecular complexity index is 938. The van der Waals surface area contributed by atoms with E-state index >= 15 is 0 Å². The van der Waals surface area contributed by atoms with Crippen molar-refractivity contribution in [2.24, 2.45) is 5.92 Å². The largest absolute Gasteiger partial charge is 0.345 e. The Morgan fingerprint density at radius 1 is 1.04 bits per heavy atom. The van der Waals surface area contributed by atoms with Crippen molar-refractivity contribution in [3.8, 4) is 11.4 Å². The van der Waals surface area contributed by atoms with E-state index in [4.69, 9.17) is 0 Å². The molecule has 1 aromatic carbocycles. The molecule has 27 heavy (non-hydrogen) atoms. The number of H-pyrrole nitrogens is 1. The smallest absolute Gasteiger partial charge is 0.254 e. The highest BCUT2D eigenvalue weighted by atomic mass is 16.2. The summed E-state index contributed by atoms with van der Waals surface area (Å²) in [5.41, 5.74) is 1.83. The molecule has 0 spiro atoms. The Balaban J connectivity index is 1.56. The van der Waals surface area contributed by atoms with Gasteiger partial charge in [-0.2, -0.15) is 0 Å². The number of hydrogen-bond donors (Lipinski definition) is 1. The number of rotatable bonds is 4. The van der Waals surface area contributed by atoms with Gasteiger partial charge in [-0.1, -0.05) is 24.3 Å². The normalized spacial score (nSPS) is 16.9. The molecule has 0 saturated carbocycles. The Kier molecular flexibility index (Phi) is 4.78. The molecule has 1 saturated heterocycles. The van der Waals surface area contributed by atoms with Gasteiger partial charge in [0.15, 0.2) is 5.78 Å². The van der Waals surface area contributed by atoms with Gasteiger partial charge in [0, 0.05) is 43.2 Å². The van der Waals surface area contributed by atoms with E-state index < -0.39 is 0 Å². The predicted octanol–water partition coefficient (Wildman–Crippen LogP) is 3.21. The molecule has 1 fully saturated rings. The van der Waals surface area contributed by atoms with E-state index in [0.29, 0.717) is 30.2 Å². The molecule has 1 N–H and O–H groups in total. The first-order chi connectivity index (χ1) is 13.2. The van der Waals surface area contributed by atoms with E-state index in [2.05, 4.69) is 15.0 Å². The van der Waals surface area contributed by atoms with Crippen molar-refractivity contribution in [2.75, 3.05) is 13.1 Å². The number of amides is 1. The van der Waals surface area contributed by atoms with Crippen LogP contribution in [0.25, 0.3) is 11.4 Å². The molecular weight excluding hydrogens is 340 g/mol. The molecule has 3 aromatic rings. The van der Waals surface area contributed by atoms with Crippen LogP contribution in [0, 0.1) is 5.92 Å². The summed E-state index contributed by atoms with van der Waals surface area (Å²) in [4.78, 5) is 39.2. The molecule has 6 heteroatoms. The van der Waals surface area contributed by atoms with E-state index in [1.165, 1.54) is 0 Å².